The number of fused-ring (bicyclic) bond motifs is 1. The van der Waals surface area contributed by atoms with E-state index < -0.39 is 16.0 Å². The molecule has 0 radical (unpaired) electrons. The van der Waals surface area contributed by atoms with E-state index in [4.69, 9.17) is 11.5 Å². The molecule has 0 spiro atoms. The first-order valence-electron chi connectivity index (χ1n) is 8.94. The van der Waals surface area contributed by atoms with Gasteiger partial charge in [0.15, 0.2) is 0 Å². The molecule has 5 N–H and O–H groups in total. The number of nitrogens with one attached hydrogen (secondary N) is 1. The Hall–Kier alpha value is -3.46. The maximum atomic E-state index is 12.6. The van der Waals surface area contributed by atoms with E-state index in [0.717, 1.165) is 22.0 Å². The molecule has 29 heavy (non-hydrogen) atoms. The molecule has 2 unspecified atom stereocenters. The molecule has 1 fully saturated rings. The van der Waals surface area contributed by atoms with E-state index in [-0.39, 0.29) is 22.6 Å². The minimum absolute atomic E-state index is 0.00181. The molecule has 0 saturated heterocycles. The predicted molar refractivity (Wildman–Crippen MR) is 111 cm³/mol. The highest BCUT2D eigenvalue weighted by atomic mass is 32.2. The van der Waals surface area contributed by atoms with Gasteiger partial charge in [-0.15, -0.1) is 4.40 Å². The molecule has 2 aromatic carbocycles. The van der Waals surface area contributed by atoms with Gasteiger partial charge in [-0.2, -0.15) is 8.42 Å². The summed E-state index contributed by atoms with van der Waals surface area (Å²) in [6, 6.07) is 13.8. The van der Waals surface area contributed by atoms with E-state index in [0.29, 0.717) is 6.42 Å². The Morgan fingerprint density at radius 3 is 2.55 bits per heavy atom. The fourth-order valence-electron chi connectivity index (χ4n) is 3.33. The monoisotopic (exact) mass is 409 g/mol. The molecular formula is C20H19N5O3S. The molecule has 1 aliphatic carbocycles. The number of amides is 1. The average molecular weight is 409 g/mol. The number of carbonyl (C=O) groups excluding carboxylic acids is 1. The number of sulfonamides is 1. The van der Waals surface area contributed by atoms with Crippen LogP contribution in [0, 0.1) is 5.92 Å². The van der Waals surface area contributed by atoms with E-state index in [1.54, 1.807) is 24.5 Å². The van der Waals surface area contributed by atoms with Gasteiger partial charge in [-0.3, -0.25) is 9.78 Å². The Labute approximate surface area is 167 Å². The Morgan fingerprint density at radius 2 is 1.83 bits per heavy atom. The number of nitrogens with zero attached hydrogens (tertiary/aromatic N) is 2. The third-order valence-electron chi connectivity index (χ3n) is 4.87. The maximum absolute atomic E-state index is 12.6. The van der Waals surface area contributed by atoms with Gasteiger partial charge >= 0.3 is 0 Å². The van der Waals surface area contributed by atoms with Crippen molar-refractivity contribution in [2.24, 2.45) is 21.8 Å². The number of hydrogen-bond acceptors (Lipinski definition) is 4. The molecule has 8 nitrogen and oxygen atoms in total. The Bertz CT molecular complexity index is 1220. The fourth-order valence-corrected chi connectivity index (χ4v) is 4.19. The maximum Gasteiger partial charge on any atom is 0.285 e. The average Bonchev–Trinajstić information content (AvgIpc) is 3.48. The lowest BCUT2D eigenvalue weighted by Crippen LogP contribution is -2.24. The molecule has 9 heteroatoms. The molecule has 2 atom stereocenters. The topological polar surface area (TPSA) is 141 Å². The number of anilines is 1. The van der Waals surface area contributed by atoms with Crippen LogP contribution < -0.4 is 16.8 Å². The van der Waals surface area contributed by atoms with Gasteiger partial charge in [0.25, 0.3) is 10.0 Å². The summed E-state index contributed by atoms with van der Waals surface area (Å²) in [5.41, 5.74) is 11.9. The molecule has 148 valence electrons. The SMILES string of the molecule is NC(N)=NS(=O)(=O)c1ccc(C2CC2C(=O)Nc2ccc3cnccc3c2)cc1. The normalized spacial score (nSPS) is 18.2. The van der Waals surface area contributed by atoms with Gasteiger partial charge in [-0.05, 0) is 53.6 Å². The van der Waals surface area contributed by atoms with Crippen LogP contribution in [-0.4, -0.2) is 25.3 Å². The number of rotatable bonds is 5. The van der Waals surface area contributed by atoms with E-state index in [1.165, 1.54) is 12.1 Å². The van der Waals surface area contributed by atoms with E-state index in [9.17, 15) is 13.2 Å². The van der Waals surface area contributed by atoms with Crippen LogP contribution in [0.5, 0.6) is 0 Å². The molecular weight excluding hydrogens is 390 g/mol. The molecule has 4 rings (SSSR count). The van der Waals surface area contributed by atoms with Crippen LogP contribution in [0.3, 0.4) is 0 Å². The van der Waals surface area contributed by atoms with E-state index >= 15 is 0 Å². The van der Waals surface area contributed by atoms with Crippen molar-refractivity contribution in [3.8, 4) is 0 Å². The molecule has 1 aromatic heterocycles. The van der Waals surface area contributed by atoms with Crippen LogP contribution in [0.15, 0.2) is 70.2 Å². The lowest BCUT2D eigenvalue weighted by molar-refractivity contribution is -0.117. The molecule has 1 saturated carbocycles. The van der Waals surface area contributed by atoms with Crippen molar-refractivity contribution in [1.82, 2.24) is 4.98 Å². The van der Waals surface area contributed by atoms with Crippen molar-refractivity contribution in [3.05, 3.63) is 66.5 Å². The van der Waals surface area contributed by atoms with E-state index in [1.807, 2.05) is 24.3 Å². The van der Waals surface area contributed by atoms with Crippen molar-refractivity contribution >= 4 is 38.3 Å². The summed E-state index contributed by atoms with van der Waals surface area (Å²) >= 11 is 0. The van der Waals surface area contributed by atoms with Crippen LogP contribution >= 0.6 is 0 Å². The second-order valence-electron chi connectivity index (χ2n) is 6.94. The van der Waals surface area contributed by atoms with Gasteiger partial charge < -0.3 is 16.8 Å². The van der Waals surface area contributed by atoms with Gasteiger partial charge in [0, 0.05) is 29.4 Å². The fraction of sp³-hybridized carbons (Fsp3) is 0.150. The Morgan fingerprint density at radius 1 is 1.07 bits per heavy atom. The standard InChI is InChI=1S/C20H19N5O3S/c21-20(22)25-29(27,28)16-5-2-12(3-6-16)17-10-18(17)19(26)24-15-4-1-14-11-23-8-7-13(14)9-15/h1-9,11,17-18H,10H2,(H,24,26)(H4,21,22,25). The number of benzene rings is 2. The molecule has 0 bridgehead atoms. The summed E-state index contributed by atoms with van der Waals surface area (Å²) in [5.74, 6) is -0.665. The summed E-state index contributed by atoms with van der Waals surface area (Å²) in [6.07, 6.45) is 4.19. The number of hydrogen-bond donors (Lipinski definition) is 3. The minimum Gasteiger partial charge on any atom is -0.369 e. The highest BCUT2D eigenvalue weighted by molar-refractivity contribution is 7.90. The number of nitrogens with two attached hydrogens (primary N) is 2. The number of guanidine groups is 1. The summed E-state index contributed by atoms with van der Waals surface area (Å²) in [7, 11) is -3.92. The summed E-state index contributed by atoms with van der Waals surface area (Å²) in [5, 5.41) is 4.96. The molecule has 1 heterocycles. The molecule has 1 aliphatic rings. The second kappa shape index (κ2) is 7.17. The number of carbonyl (C=O) groups is 1. The third-order valence-corrected chi connectivity index (χ3v) is 6.19. The first-order chi connectivity index (χ1) is 13.8. The second-order valence-corrected chi connectivity index (χ2v) is 8.54. The zero-order chi connectivity index (χ0) is 20.6. The first kappa shape index (κ1) is 18.9. The molecule has 0 aliphatic heterocycles. The Balaban J connectivity index is 1.43. The number of pyridine rings is 1. The van der Waals surface area contributed by atoms with Gasteiger partial charge in [0.1, 0.15) is 0 Å². The van der Waals surface area contributed by atoms with Gasteiger partial charge in [0.05, 0.1) is 4.90 Å². The smallest absolute Gasteiger partial charge is 0.285 e. The quantitative estimate of drug-likeness (QED) is 0.434. The van der Waals surface area contributed by atoms with Crippen molar-refractivity contribution in [1.29, 1.82) is 0 Å². The highest BCUT2D eigenvalue weighted by Gasteiger charge is 2.44. The van der Waals surface area contributed by atoms with Crippen LogP contribution in [0.2, 0.25) is 0 Å². The van der Waals surface area contributed by atoms with Crippen molar-refractivity contribution in [2.45, 2.75) is 17.2 Å². The van der Waals surface area contributed by atoms with Crippen molar-refractivity contribution in [3.63, 3.8) is 0 Å². The number of aromatic nitrogens is 1. The van der Waals surface area contributed by atoms with Gasteiger partial charge in [-0.25, -0.2) is 0 Å². The zero-order valence-corrected chi connectivity index (χ0v) is 16.1. The summed E-state index contributed by atoms with van der Waals surface area (Å²) < 4.78 is 27.2. The largest absolute Gasteiger partial charge is 0.369 e. The van der Waals surface area contributed by atoms with Crippen molar-refractivity contribution in [2.75, 3.05) is 5.32 Å². The zero-order valence-electron chi connectivity index (χ0n) is 15.3. The van der Waals surface area contributed by atoms with Crippen LogP contribution in [-0.2, 0) is 14.8 Å². The van der Waals surface area contributed by atoms with Crippen molar-refractivity contribution < 1.29 is 13.2 Å². The van der Waals surface area contributed by atoms with Gasteiger partial charge in [-0.1, -0.05) is 18.2 Å². The minimum atomic E-state index is -3.92. The lowest BCUT2D eigenvalue weighted by Gasteiger charge is -2.07. The molecule has 3 aromatic rings. The van der Waals surface area contributed by atoms with Crippen LogP contribution in [0.4, 0.5) is 5.69 Å². The summed E-state index contributed by atoms with van der Waals surface area (Å²) in [6.45, 7) is 0. The lowest BCUT2D eigenvalue weighted by atomic mass is 10.1. The third kappa shape index (κ3) is 4.04. The molecule has 1 amide bonds. The van der Waals surface area contributed by atoms with Crippen LogP contribution in [0.1, 0.15) is 17.9 Å². The first-order valence-corrected chi connectivity index (χ1v) is 10.4. The summed E-state index contributed by atoms with van der Waals surface area (Å²) in [4.78, 5) is 16.7. The van der Waals surface area contributed by atoms with Crippen LogP contribution in [0.25, 0.3) is 10.8 Å². The Kier molecular flexibility index (Phi) is 4.67. The van der Waals surface area contributed by atoms with E-state index in [2.05, 4.69) is 14.7 Å². The van der Waals surface area contributed by atoms with Gasteiger partial charge in [0.2, 0.25) is 11.9 Å². The predicted octanol–water partition coefficient (Wildman–Crippen LogP) is 1.94. The highest BCUT2D eigenvalue weighted by Crippen LogP contribution is 2.48.